The van der Waals surface area contributed by atoms with Crippen LogP contribution in [-0.2, 0) is 11.3 Å². The van der Waals surface area contributed by atoms with Gasteiger partial charge in [0.1, 0.15) is 0 Å². The molecule has 2 N–H and O–H groups in total. The van der Waals surface area contributed by atoms with Gasteiger partial charge in [0.25, 0.3) is 0 Å². The van der Waals surface area contributed by atoms with Crippen LogP contribution < -0.4 is 5.73 Å². The minimum atomic E-state index is 0.178. The van der Waals surface area contributed by atoms with E-state index in [-0.39, 0.29) is 6.10 Å². The van der Waals surface area contributed by atoms with Gasteiger partial charge in [0.05, 0.1) is 30.3 Å². The highest BCUT2D eigenvalue weighted by Crippen LogP contribution is 2.21. The van der Waals surface area contributed by atoms with E-state index in [1.807, 2.05) is 0 Å². The minimum absolute atomic E-state index is 0.178. The number of halogens is 1. The summed E-state index contributed by atoms with van der Waals surface area (Å²) in [7, 11) is 2.12. The molecule has 1 aliphatic heterocycles. The molecule has 102 valence electrons. The van der Waals surface area contributed by atoms with Crippen molar-refractivity contribution in [1.82, 2.24) is 14.5 Å². The number of aromatic nitrogens is 2. The van der Waals surface area contributed by atoms with E-state index >= 15 is 0 Å². The van der Waals surface area contributed by atoms with Crippen LogP contribution in [0, 0.1) is 3.57 Å². The summed E-state index contributed by atoms with van der Waals surface area (Å²) in [4.78, 5) is 6.71. The van der Waals surface area contributed by atoms with Gasteiger partial charge in [-0.25, -0.2) is 4.98 Å². The van der Waals surface area contributed by atoms with Crippen molar-refractivity contribution in [3.63, 3.8) is 0 Å². The lowest BCUT2D eigenvalue weighted by atomic mass is 10.2. The lowest BCUT2D eigenvalue weighted by molar-refractivity contribution is -0.0267. The summed E-state index contributed by atoms with van der Waals surface area (Å²) in [6.45, 7) is 3.47. The Labute approximate surface area is 125 Å². The van der Waals surface area contributed by atoms with E-state index in [1.54, 1.807) is 0 Å². The van der Waals surface area contributed by atoms with Gasteiger partial charge < -0.3 is 19.9 Å². The van der Waals surface area contributed by atoms with Gasteiger partial charge in [-0.15, -0.1) is 0 Å². The van der Waals surface area contributed by atoms with Crippen LogP contribution in [0.1, 0.15) is 0 Å². The number of hydrogen-bond acceptors (Lipinski definition) is 4. The number of fused-ring (bicyclic) bond motifs is 1. The predicted molar refractivity (Wildman–Crippen MR) is 84.1 cm³/mol. The molecule has 0 radical (unpaired) electrons. The van der Waals surface area contributed by atoms with E-state index in [1.165, 1.54) is 3.57 Å². The van der Waals surface area contributed by atoms with Crippen LogP contribution in [0.4, 0.5) is 5.95 Å². The minimum Gasteiger partial charge on any atom is -0.374 e. The van der Waals surface area contributed by atoms with E-state index < -0.39 is 0 Å². The summed E-state index contributed by atoms with van der Waals surface area (Å²) in [6.07, 6.45) is 0.178. The third-order valence-corrected chi connectivity index (χ3v) is 4.14. The van der Waals surface area contributed by atoms with Crippen molar-refractivity contribution in [2.45, 2.75) is 12.6 Å². The van der Waals surface area contributed by atoms with Crippen LogP contribution in [0.25, 0.3) is 11.0 Å². The van der Waals surface area contributed by atoms with Crippen molar-refractivity contribution < 1.29 is 4.74 Å². The Morgan fingerprint density at radius 3 is 3.16 bits per heavy atom. The third kappa shape index (κ3) is 2.70. The Hall–Kier alpha value is -0.860. The molecule has 1 aliphatic rings. The Morgan fingerprint density at radius 2 is 2.37 bits per heavy atom. The first-order valence-corrected chi connectivity index (χ1v) is 7.43. The standard InChI is InChI=1S/C13H17IN4O/c1-17-4-5-19-10(7-17)8-18-12-3-2-9(14)6-11(12)16-13(18)15/h2-3,6,10H,4-5,7-8H2,1H3,(H2,15,16). The highest BCUT2D eigenvalue weighted by molar-refractivity contribution is 14.1. The molecule has 1 fully saturated rings. The first-order valence-electron chi connectivity index (χ1n) is 6.35. The Bertz CT molecular complexity index is 598. The van der Waals surface area contributed by atoms with Gasteiger partial charge in [-0.1, -0.05) is 0 Å². The molecule has 1 aromatic carbocycles. The van der Waals surface area contributed by atoms with Crippen LogP contribution in [0.2, 0.25) is 0 Å². The Morgan fingerprint density at radius 1 is 1.53 bits per heavy atom. The van der Waals surface area contributed by atoms with Crippen LogP contribution in [0.3, 0.4) is 0 Å². The molecule has 6 heteroatoms. The zero-order chi connectivity index (χ0) is 13.4. The topological polar surface area (TPSA) is 56.3 Å². The summed E-state index contributed by atoms with van der Waals surface area (Å²) in [5.41, 5.74) is 8.07. The number of anilines is 1. The molecular weight excluding hydrogens is 355 g/mol. The molecule has 0 spiro atoms. The molecule has 2 aromatic rings. The first kappa shape index (κ1) is 13.1. The van der Waals surface area contributed by atoms with Crippen LogP contribution in [-0.4, -0.2) is 47.3 Å². The number of rotatable bonds is 2. The molecule has 1 unspecified atom stereocenters. The Kier molecular flexibility index (Phi) is 3.64. The summed E-state index contributed by atoms with van der Waals surface area (Å²) >= 11 is 2.29. The number of hydrogen-bond donors (Lipinski definition) is 1. The van der Waals surface area contributed by atoms with Crippen molar-refractivity contribution in [2.75, 3.05) is 32.5 Å². The summed E-state index contributed by atoms with van der Waals surface area (Å²) < 4.78 is 9.02. The van der Waals surface area contributed by atoms with Crippen molar-refractivity contribution >= 4 is 39.6 Å². The number of ether oxygens (including phenoxy) is 1. The van der Waals surface area contributed by atoms with Crippen LogP contribution in [0.15, 0.2) is 18.2 Å². The lowest BCUT2D eigenvalue weighted by Crippen LogP contribution is -2.42. The number of nitrogens with two attached hydrogens (primary N) is 1. The molecular formula is C13H17IN4O. The van der Waals surface area contributed by atoms with Crippen molar-refractivity contribution in [1.29, 1.82) is 0 Å². The van der Waals surface area contributed by atoms with E-state index in [9.17, 15) is 0 Å². The molecule has 2 heterocycles. The SMILES string of the molecule is CN1CCOC(Cn2c(N)nc3cc(I)ccc32)C1. The Balaban J connectivity index is 1.89. The molecule has 1 aromatic heterocycles. The average Bonchev–Trinajstić information content (AvgIpc) is 2.65. The summed E-state index contributed by atoms with van der Waals surface area (Å²) in [5, 5.41) is 0. The molecule has 0 aliphatic carbocycles. The highest BCUT2D eigenvalue weighted by atomic mass is 127. The average molecular weight is 372 g/mol. The molecule has 19 heavy (non-hydrogen) atoms. The van der Waals surface area contributed by atoms with Crippen LogP contribution >= 0.6 is 22.6 Å². The number of nitrogen functional groups attached to an aromatic ring is 1. The van der Waals surface area contributed by atoms with Gasteiger partial charge in [-0.3, -0.25) is 0 Å². The van der Waals surface area contributed by atoms with E-state index in [0.29, 0.717) is 5.95 Å². The quantitative estimate of drug-likeness (QED) is 0.813. The monoisotopic (exact) mass is 372 g/mol. The molecule has 0 saturated carbocycles. The number of imidazole rings is 1. The van der Waals surface area contributed by atoms with Gasteiger partial charge >= 0.3 is 0 Å². The molecule has 3 rings (SSSR count). The van der Waals surface area contributed by atoms with E-state index in [2.05, 4.69) is 62.3 Å². The predicted octanol–water partition coefficient (Wildman–Crippen LogP) is 1.55. The number of benzene rings is 1. The lowest BCUT2D eigenvalue weighted by Gasteiger charge is -2.30. The second-order valence-electron chi connectivity index (χ2n) is 4.97. The first-order chi connectivity index (χ1) is 9.13. The smallest absolute Gasteiger partial charge is 0.201 e. The van der Waals surface area contributed by atoms with Crippen molar-refractivity contribution in [3.8, 4) is 0 Å². The van der Waals surface area contributed by atoms with Crippen molar-refractivity contribution in [2.24, 2.45) is 0 Å². The maximum Gasteiger partial charge on any atom is 0.201 e. The molecule has 0 amide bonds. The molecule has 5 nitrogen and oxygen atoms in total. The zero-order valence-corrected chi connectivity index (χ0v) is 13.0. The maximum atomic E-state index is 6.04. The van der Waals surface area contributed by atoms with Gasteiger partial charge in [-0.05, 0) is 47.8 Å². The molecule has 0 bridgehead atoms. The fourth-order valence-corrected chi connectivity index (χ4v) is 2.97. The van der Waals surface area contributed by atoms with E-state index in [4.69, 9.17) is 10.5 Å². The largest absolute Gasteiger partial charge is 0.374 e. The summed E-state index contributed by atoms with van der Waals surface area (Å²) in [5.74, 6) is 0.564. The van der Waals surface area contributed by atoms with Gasteiger partial charge in [-0.2, -0.15) is 0 Å². The van der Waals surface area contributed by atoms with Gasteiger partial charge in [0, 0.05) is 16.7 Å². The van der Waals surface area contributed by atoms with E-state index in [0.717, 1.165) is 37.3 Å². The van der Waals surface area contributed by atoms with Crippen molar-refractivity contribution in [3.05, 3.63) is 21.8 Å². The molecule has 1 atom stereocenters. The second kappa shape index (κ2) is 5.26. The number of likely N-dealkylation sites (N-methyl/N-ethyl adjacent to an activating group) is 1. The highest BCUT2D eigenvalue weighted by Gasteiger charge is 2.20. The van der Waals surface area contributed by atoms with Gasteiger partial charge in [0.15, 0.2) is 0 Å². The van der Waals surface area contributed by atoms with Crippen LogP contribution in [0.5, 0.6) is 0 Å². The fourth-order valence-electron chi connectivity index (χ4n) is 2.49. The summed E-state index contributed by atoms with van der Waals surface area (Å²) in [6, 6.07) is 6.21. The van der Waals surface area contributed by atoms with Gasteiger partial charge in [0.2, 0.25) is 5.95 Å². The molecule has 1 saturated heterocycles. The fraction of sp³-hybridized carbons (Fsp3) is 0.462. The maximum absolute atomic E-state index is 6.04. The number of morpholine rings is 1. The second-order valence-corrected chi connectivity index (χ2v) is 6.21. The number of nitrogens with zero attached hydrogens (tertiary/aromatic N) is 3. The third-order valence-electron chi connectivity index (χ3n) is 3.47. The normalized spacial score (nSPS) is 21.1. The zero-order valence-electron chi connectivity index (χ0n) is 10.8.